The minimum atomic E-state index is -0.0234. The second kappa shape index (κ2) is 6.10. The summed E-state index contributed by atoms with van der Waals surface area (Å²) in [5, 5.41) is 9.41. The van der Waals surface area contributed by atoms with Crippen LogP contribution >= 0.6 is 0 Å². The molecular formula is C13H17N5O. The molecule has 0 fully saturated rings. The third kappa shape index (κ3) is 3.89. The third-order valence-corrected chi connectivity index (χ3v) is 2.68. The lowest BCUT2D eigenvalue weighted by Crippen LogP contribution is -2.19. The first-order valence-corrected chi connectivity index (χ1v) is 6.16. The molecule has 2 rings (SSSR count). The fourth-order valence-corrected chi connectivity index (χ4v) is 1.64. The Morgan fingerprint density at radius 2 is 2.16 bits per heavy atom. The molecule has 0 saturated carbocycles. The van der Waals surface area contributed by atoms with Gasteiger partial charge in [0.25, 0.3) is 0 Å². The number of hydrogen-bond acceptors (Lipinski definition) is 4. The van der Waals surface area contributed by atoms with E-state index in [4.69, 9.17) is 5.73 Å². The van der Waals surface area contributed by atoms with Gasteiger partial charge in [-0.1, -0.05) is 0 Å². The number of amides is 1. The predicted molar refractivity (Wildman–Crippen MR) is 73.3 cm³/mol. The molecule has 6 nitrogen and oxygen atoms in total. The number of hydrogen-bond donors (Lipinski definition) is 3. The highest BCUT2D eigenvalue weighted by molar-refractivity contribution is 5.90. The summed E-state index contributed by atoms with van der Waals surface area (Å²) in [7, 11) is 0. The summed E-state index contributed by atoms with van der Waals surface area (Å²) in [6.07, 6.45) is 2.57. The van der Waals surface area contributed by atoms with Crippen molar-refractivity contribution in [1.82, 2.24) is 15.2 Å². The van der Waals surface area contributed by atoms with Gasteiger partial charge < -0.3 is 11.1 Å². The molecule has 1 aromatic carbocycles. The topological polar surface area (TPSA) is 96.7 Å². The molecular weight excluding hydrogens is 242 g/mol. The summed E-state index contributed by atoms with van der Waals surface area (Å²) >= 11 is 0. The summed E-state index contributed by atoms with van der Waals surface area (Å²) in [5.74, 6) is 0.680. The molecule has 19 heavy (non-hydrogen) atoms. The number of nitrogens with zero attached hydrogens (tertiary/aromatic N) is 2. The van der Waals surface area contributed by atoms with Gasteiger partial charge in [-0.25, -0.2) is 4.98 Å². The fraction of sp³-hybridized carbons (Fsp3) is 0.308. The first kappa shape index (κ1) is 13.2. The summed E-state index contributed by atoms with van der Waals surface area (Å²) in [5.41, 5.74) is 7.30. The average molecular weight is 259 g/mol. The number of H-pyrrole nitrogens is 1. The summed E-state index contributed by atoms with van der Waals surface area (Å²) in [4.78, 5) is 15.7. The zero-order valence-electron chi connectivity index (χ0n) is 10.8. The maximum Gasteiger partial charge on any atom is 0.224 e. The molecule has 0 bridgehead atoms. The molecule has 1 amide bonds. The van der Waals surface area contributed by atoms with Crippen molar-refractivity contribution in [2.24, 2.45) is 5.73 Å². The standard InChI is InChI=1S/C13H17N5O/c1-9(14)2-7-12(19)17-11-5-3-10(4-6-11)13-15-8-16-18-13/h3-6,8-9H,2,7,14H2,1H3,(H,17,19)(H,15,16,18). The van der Waals surface area contributed by atoms with Crippen molar-refractivity contribution in [1.29, 1.82) is 0 Å². The van der Waals surface area contributed by atoms with Gasteiger partial charge in [0.1, 0.15) is 6.33 Å². The van der Waals surface area contributed by atoms with Crippen LogP contribution in [0.4, 0.5) is 5.69 Å². The molecule has 1 heterocycles. The van der Waals surface area contributed by atoms with Crippen LogP contribution in [0, 0.1) is 0 Å². The monoisotopic (exact) mass is 259 g/mol. The van der Waals surface area contributed by atoms with Crippen LogP contribution in [0.25, 0.3) is 11.4 Å². The number of nitrogens with two attached hydrogens (primary N) is 1. The van der Waals surface area contributed by atoms with E-state index in [1.165, 1.54) is 6.33 Å². The van der Waals surface area contributed by atoms with E-state index in [2.05, 4.69) is 20.5 Å². The van der Waals surface area contributed by atoms with E-state index in [-0.39, 0.29) is 11.9 Å². The van der Waals surface area contributed by atoms with E-state index >= 15 is 0 Å². The third-order valence-electron chi connectivity index (χ3n) is 2.68. The van der Waals surface area contributed by atoms with Gasteiger partial charge >= 0.3 is 0 Å². The van der Waals surface area contributed by atoms with E-state index in [9.17, 15) is 4.79 Å². The molecule has 0 saturated heterocycles. The van der Waals surface area contributed by atoms with Crippen LogP contribution in [0.2, 0.25) is 0 Å². The second-order valence-corrected chi connectivity index (χ2v) is 4.48. The molecule has 1 aromatic heterocycles. The van der Waals surface area contributed by atoms with Crippen molar-refractivity contribution >= 4 is 11.6 Å². The Morgan fingerprint density at radius 1 is 1.42 bits per heavy atom. The van der Waals surface area contributed by atoms with Crippen LogP contribution < -0.4 is 11.1 Å². The average Bonchev–Trinajstić information content (AvgIpc) is 2.91. The molecule has 6 heteroatoms. The number of rotatable bonds is 5. The van der Waals surface area contributed by atoms with Crippen LogP contribution in [0.3, 0.4) is 0 Å². The highest BCUT2D eigenvalue weighted by Crippen LogP contribution is 2.17. The van der Waals surface area contributed by atoms with E-state index in [0.29, 0.717) is 18.7 Å². The number of aromatic amines is 1. The highest BCUT2D eigenvalue weighted by Gasteiger charge is 2.05. The zero-order chi connectivity index (χ0) is 13.7. The van der Waals surface area contributed by atoms with Gasteiger partial charge in [-0.15, -0.1) is 0 Å². The predicted octanol–water partition coefficient (Wildman–Crippen LogP) is 1.54. The molecule has 1 unspecified atom stereocenters. The van der Waals surface area contributed by atoms with Crippen molar-refractivity contribution in [2.45, 2.75) is 25.8 Å². The van der Waals surface area contributed by atoms with E-state index in [1.54, 1.807) is 0 Å². The molecule has 0 radical (unpaired) electrons. The van der Waals surface area contributed by atoms with Crippen LogP contribution in [-0.2, 0) is 4.79 Å². The minimum Gasteiger partial charge on any atom is -0.328 e. The van der Waals surface area contributed by atoms with Crippen molar-refractivity contribution in [3.05, 3.63) is 30.6 Å². The quantitative estimate of drug-likeness (QED) is 0.758. The molecule has 0 aliphatic heterocycles. The highest BCUT2D eigenvalue weighted by atomic mass is 16.1. The van der Waals surface area contributed by atoms with Gasteiger partial charge in [-0.3, -0.25) is 9.89 Å². The molecule has 0 aliphatic carbocycles. The fourth-order valence-electron chi connectivity index (χ4n) is 1.64. The first-order valence-electron chi connectivity index (χ1n) is 6.16. The van der Waals surface area contributed by atoms with Gasteiger partial charge in [0.05, 0.1) is 0 Å². The smallest absolute Gasteiger partial charge is 0.224 e. The maximum atomic E-state index is 11.6. The minimum absolute atomic E-state index is 0.0234. The number of aromatic nitrogens is 3. The van der Waals surface area contributed by atoms with Crippen LogP contribution in [0.5, 0.6) is 0 Å². The van der Waals surface area contributed by atoms with Crippen molar-refractivity contribution in [3.63, 3.8) is 0 Å². The number of benzene rings is 1. The molecule has 1 atom stereocenters. The molecule has 0 spiro atoms. The maximum absolute atomic E-state index is 11.6. The van der Waals surface area contributed by atoms with E-state index in [0.717, 1.165) is 11.3 Å². The SMILES string of the molecule is CC(N)CCC(=O)Nc1ccc(-c2ncn[nH]2)cc1. The lowest BCUT2D eigenvalue weighted by Gasteiger charge is -2.07. The zero-order valence-corrected chi connectivity index (χ0v) is 10.8. The normalized spacial score (nSPS) is 12.1. The van der Waals surface area contributed by atoms with Crippen LogP contribution in [-0.4, -0.2) is 27.1 Å². The van der Waals surface area contributed by atoms with Crippen molar-refractivity contribution in [3.8, 4) is 11.4 Å². The number of anilines is 1. The Balaban J connectivity index is 1.94. The Labute approximate surface area is 111 Å². The van der Waals surface area contributed by atoms with Crippen LogP contribution in [0.1, 0.15) is 19.8 Å². The largest absolute Gasteiger partial charge is 0.328 e. The lowest BCUT2D eigenvalue weighted by atomic mass is 10.1. The van der Waals surface area contributed by atoms with Gasteiger partial charge in [0.15, 0.2) is 5.82 Å². The Kier molecular flexibility index (Phi) is 4.25. The van der Waals surface area contributed by atoms with E-state index in [1.807, 2.05) is 31.2 Å². The van der Waals surface area contributed by atoms with E-state index < -0.39 is 0 Å². The Morgan fingerprint density at radius 3 is 2.74 bits per heavy atom. The second-order valence-electron chi connectivity index (χ2n) is 4.48. The van der Waals surface area contributed by atoms with Gasteiger partial charge in [0, 0.05) is 23.7 Å². The summed E-state index contributed by atoms with van der Waals surface area (Å²) in [6, 6.07) is 7.46. The molecule has 4 N–H and O–H groups in total. The van der Waals surface area contributed by atoms with Gasteiger partial charge in [-0.2, -0.15) is 5.10 Å². The van der Waals surface area contributed by atoms with Crippen molar-refractivity contribution < 1.29 is 4.79 Å². The van der Waals surface area contributed by atoms with Gasteiger partial charge in [0.2, 0.25) is 5.91 Å². The molecule has 100 valence electrons. The molecule has 2 aromatic rings. The molecule has 0 aliphatic rings. The summed E-state index contributed by atoms with van der Waals surface area (Å²) in [6.45, 7) is 1.89. The van der Waals surface area contributed by atoms with Crippen LogP contribution in [0.15, 0.2) is 30.6 Å². The summed E-state index contributed by atoms with van der Waals surface area (Å²) < 4.78 is 0. The Bertz CT molecular complexity index is 518. The van der Waals surface area contributed by atoms with Gasteiger partial charge in [-0.05, 0) is 37.6 Å². The first-order chi connectivity index (χ1) is 9.15. The number of carbonyl (C=O) groups is 1. The number of nitrogens with one attached hydrogen (secondary N) is 2. The Hall–Kier alpha value is -2.21. The lowest BCUT2D eigenvalue weighted by molar-refractivity contribution is -0.116. The number of carbonyl (C=O) groups excluding carboxylic acids is 1. The van der Waals surface area contributed by atoms with Crippen molar-refractivity contribution in [2.75, 3.05) is 5.32 Å².